The van der Waals surface area contributed by atoms with Crippen LogP contribution in [0.1, 0.15) is 42.5 Å². The number of rotatable bonds is 3. The third-order valence-electron chi connectivity index (χ3n) is 3.54. The summed E-state index contributed by atoms with van der Waals surface area (Å²) >= 11 is 0. The van der Waals surface area contributed by atoms with E-state index in [9.17, 15) is 14.3 Å². The van der Waals surface area contributed by atoms with Crippen LogP contribution in [-0.4, -0.2) is 23.2 Å². The Morgan fingerprint density at radius 1 is 1.32 bits per heavy atom. The van der Waals surface area contributed by atoms with Gasteiger partial charge in [0.15, 0.2) is 0 Å². The number of nitrogens with two attached hydrogens (primary N) is 1. The maximum Gasteiger partial charge on any atom is 0.251 e. The fraction of sp³-hybridized carbons (Fsp3) is 0.500. The van der Waals surface area contributed by atoms with Crippen molar-refractivity contribution < 1.29 is 14.3 Å². The van der Waals surface area contributed by atoms with Crippen LogP contribution < -0.4 is 11.1 Å². The molecule has 1 amide bonds. The van der Waals surface area contributed by atoms with Crippen LogP contribution in [0.2, 0.25) is 0 Å². The van der Waals surface area contributed by atoms with Gasteiger partial charge in [-0.2, -0.15) is 0 Å². The van der Waals surface area contributed by atoms with Gasteiger partial charge in [0, 0.05) is 17.8 Å². The van der Waals surface area contributed by atoms with Crippen molar-refractivity contribution in [3.05, 3.63) is 29.6 Å². The van der Waals surface area contributed by atoms with Gasteiger partial charge in [-0.1, -0.05) is 19.3 Å². The molecule has 1 aliphatic rings. The minimum atomic E-state index is -0.827. The standard InChI is InChI=1S/C14H19FN2O2/c15-11-6-10(7-12(16)8-11)13(18)17-9-14(19)4-2-1-3-5-14/h6-8,19H,1-5,9,16H2,(H,17,18). The SMILES string of the molecule is Nc1cc(F)cc(C(=O)NCC2(O)CCCCC2)c1. The Hall–Kier alpha value is -1.62. The zero-order valence-corrected chi connectivity index (χ0v) is 10.8. The Bertz CT molecular complexity index is 450. The molecule has 0 aromatic heterocycles. The van der Waals surface area contributed by atoms with E-state index in [0.717, 1.165) is 31.4 Å². The van der Waals surface area contributed by atoms with Crippen LogP contribution in [0.15, 0.2) is 18.2 Å². The number of carbonyl (C=O) groups excluding carboxylic acids is 1. The lowest BCUT2D eigenvalue weighted by Gasteiger charge is -2.32. The van der Waals surface area contributed by atoms with E-state index >= 15 is 0 Å². The molecule has 0 heterocycles. The second-order valence-corrected chi connectivity index (χ2v) is 5.24. The fourth-order valence-electron chi connectivity index (χ4n) is 2.48. The first-order valence-electron chi connectivity index (χ1n) is 6.55. The summed E-state index contributed by atoms with van der Waals surface area (Å²) in [6.45, 7) is 0.197. The van der Waals surface area contributed by atoms with Gasteiger partial charge >= 0.3 is 0 Å². The van der Waals surface area contributed by atoms with Crippen LogP contribution in [0.25, 0.3) is 0 Å². The number of carbonyl (C=O) groups is 1. The van der Waals surface area contributed by atoms with Crippen molar-refractivity contribution >= 4 is 11.6 Å². The van der Waals surface area contributed by atoms with Crippen molar-refractivity contribution in [2.75, 3.05) is 12.3 Å². The molecule has 104 valence electrons. The molecule has 0 spiro atoms. The highest BCUT2D eigenvalue weighted by molar-refractivity contribution is 5.95. The van der Waals surface area contributed by atoms with Crippen molar-refractivity contribution in [3.63, 3.8) is 0 Å². The first-order chi connectivity index (χ1) is 8.98. The zero-order chi connectivity index (χ0) is 13.9. The van der Waals surface area contributed by atoms with Crippen molar-refractivity contribution in [2.45, 2.75) is 37.7 Å². The zero-order valence-electron chi connectivity index (χ0n) is 10.8. The van der Waals surface area contributed by atoms with Crippen LogP contribution in [0, 0.1) is 5.82 Å². The molecule has 0 atom stereocenters. The molecule has 0 bridgehead atoms. The molecular weight excluding hydrogens is 247 g/mol. The van der Waals surface area contributed by atoms with E-state index in [1.165, 1.54) is 6.07 Å². The average Bonchev–Trinajstić information content (AvgIpc) is 2.36. The maximum absolute atomic E-state index is 13.1. The number of hydrogen-bond donors (Lipinski definition) is 3. The van der Waals surface area contributed by atoms with Gasteiger partial charge in [-0.25, -0.2) is 4.39 Å². The van der Waals surface area contributed by atoms with Gasteiger partial charge in [-0.15, -0.1) is 0 Å². The van der Waals surface area contributed by atoms with E-state index in [-0.39, 0.29) is 17.8 Å². The summed E-state index contributed by atoms with van der Waals surface area (Å²) in [7, 11) is 0. The van der Waals surface area contributed by atoms with E-state index in [0.29, 0.717) is 12.8 Å². The highest BCUT2D eigenvalue weighted by atomic mass is 19.1. The van der Waals surface area contributed by atoms with Crippen LogP contribution in [0.4, 0.5) is 10.1 Å². The topological polar surface area (TPSA) is 75.4 Å². The Kier molecular flexibility index (Phi) is 4.04. The van der Waals surface area contributed by atoms with Crippen molar-refractivity contribution in [3.8, 4) is 0 Å². The summed E-state index contributed by atoms with van der Waals surface area (Å²) in [5, 5.41) is 12.9. The summed E-state index contributed by atoms with van der Waals surface area (Å²) in [4.78, 5) is 11.9. The number of nitrogens with one attached hydrogen (secondary N) is 1. The van der Waals surface area contributed by atoms with Gasteiger partial charge in [-0.05, 0) is 31.0 Å². The van der Waals surface area contributed by atoms with Crippen molar-refractivity contribution in [1.29, 1.82) is 0 Å². The van der Waals surface area contributed by atoms with Gasteiger partial charge in [-0.3, -0.25) is 4.79 Å². The highest BCUT2D eigenvalue weighted by Crippen LogP contribution is 2.27. The first kappa shape index (κ1) is 13.8. The average molecular weight is 266 g/mol. The normalized spacial score (nSPS) is 18.0. The first-order valence-corrected chi connectivity index (χ1v) is 6.55. The van der Waals surface area contributed by atoms with E-state index in [4.69, 9.17) is 5.73 Å². The molecule has 0 unspecified atom stereocenters. The monoisotopic (exact) mass is 266 g/mol. The lowest BCUT2D eigenvalue weighted by atomic mass is 9.85. The summed E-state index contributed by atoms with van der Waals surface area (Å²) in [5.41, 5.74) is 5.05. The van der Waals surface area contributed by atoms with Gasteiger partial charge < -0.3 is 16.2 Å². The Balaban J connectivity index is 1.97. The van der Waals surface area contributed by atoms with Crippen LogP contribution >= 0.6 is 0 Å². The van der Waals surface area contributed by atoms with Gasteiger partial charge in [0.05, 0.1) is 5.60 Å². The predicted molar refractivity (Wildman–Crippen MR) is 71.2 cm³/mol. The third-order valence-corrected chi connectivity index (χ3v) is 3.54. The summed E-state index contributed by atoms with van der Waals surface area (Å²) in [6.07, 6.45) is 4.45. The lowest BCUT2D eigenvalue weighted by Crippen LogP contribution is -2.44. The predicted octanol–water partition coefficient (Wildman–Crippen LogP) is 1.83. The van der Waals surface area contributed by atoms with Gasteiger partial charge in [0.2, 0.25) is 0 Å². The molecule has 2 rings (SSSR count). The van der Waals surface area contributed by atoms with Crippen LogP contribution in [-0.2, 0) is 0 Å². The number of anilines is 1. The molecule has 1 aromatic rings. The second-order valence-electron chi connectivity index (χ2n) is 5.24. The van der Waals surface area contributed by atoms with E-state index in [1.807, 2.05) is 0 Å². The number of benzene rings is 1. The fourth-order valence-corrected chi connectivity index (χ4v) is 2.48. The highest BCUT2D eigenvalue weighted by Gasteiger charge is 2.29. The number of hydrogen-bond acceptors (Lipinski definition) is 3. The molecule has 4 nitrogen and oxygen atoms in total. The van der Waals surface area contributed by atoms with E-state index in [2.05, 4.69) is 5.32 Å². The number of amides is 1. The minimum absolute atomic E-state index is 0.178. The van der Waals surface area contributed by atoms with Crippen molar-refractivity contribution in [2.24, 2.45) is 0 Å². The van der Waals surface area contributed by atoms with Gasteiger partial charge in [0.1, 0.15) is 5.82 Å². The van der Waals surface area contributed by atoms with E-state index < -0.39 is 17.3 Å². The molecule has 19 heavy (non-hydrogen) atoms. The summed E-state index contributed by atoms with van der Waals surface area (Å²) < 4.78 is 13.1. The number of aliphatic hydroxyl groups is 1. The smallest absolute Gasteiger partial charge is 0.251 e. The molecule has 0 radical (unpaired) electrons. The van der Waals surface area contributed by atoms with Gasteiger partial charge in [0.25, 0.3) is 5.91 Å². The quantitative estimate of drug-likeness (QED) is 0.731. The minimum Gasteiger partial charge on any atom is -0.399 e. The third kappa shape index (κ3) is 3.67. The number of nitrogen functional groups attached to an aromatic ring is 1. The molecule has 4 N–H and O–H groups in total. The Morgan fingerprint density at radius 3 is 2.63 bits per heavy atom. The molecular formula is C14H19FN2O2. The summed E-state index contributed by atoms with van der Waals surface area (Å²) in [6, 6.07) is 3.71. The maximum atomic E-state index is 13.1. The molecule has 1 saturated carbocycles. The Labute approximate surface area is 111 Å². The molecule has 1 aromatic carbocycles. The molecule has 1 fully saturated rings. The lowest BCUT2D eigenvalue weighted by molar-refractivity contribution is 0.00525. The Morgan fingerprint density at radius 2 is 2.00 bits per heavy atom. The molecule has 5 heteroatoms. The number of halogens is 1. The molecule has 0 saturated heterocycles. The van der Waals surface area contributed by atoms with Crippen LogP contribution in [0.3, 0.4) is 0 Å². The largest absolute Gasteiger partial charge is 0.399 e. The summed E-state index contributed by atoms with van der Waals surface area (Å²) in [5.74, 6) is -0.952. The van der Waals surface area contributed by atoms with E-state index in [1.54, 1.807) is 0 Å². The van der Waals surface area contributed by atoms with Crippen molar-refractivity contribution in [1.82, 2.24) is 5.32 Å². The second kappa shape index (κ2) is 5.57. The molecule has 0 aliphatic heterocycles. The van der Waals surface area contributed by atoms with Crippen LogP contribution in [0.5, 0.6) is 0 Å². The molecule has 1 aliphatic carbocycles.